The molecule has 1 saturated carbocycles. The molecule has 1 aromatic rings. The number of rotatable bonds is 5. The lowest BCUT2D eigenvalue weighted by atomic mass is 9.90. The SMILES string of the molecule is CCCN(c1nc(OC)ncc1Cl)C1CCC(N)CC1. The first-order valence-electron chi connectivity index (χ1n) is 7.24. The standard InChI is InChI=1S/C14H23ClN4O/c1-3-8-19(11-6-4-10(16)5-7-11)13-12(15)9-17-14(18-13)20-2/h9-11H,3-8,16H2,1-2H3. The van der Waals surface area contributed by atoms with Crippen LogP contribution in [0.25, 0.3) is 0 Å². The van der Waals surface area contributed by atoms with Crippen LogP contribution >= 0.6 is 11.6 Å². The first kappa shape index (κ1) is 15.3. The maximum Gasteiger partial charge on any atom is 0.318 e. The molecule has 0 bridgehead atoms. The van der Waals surface area contributed by atoms with E-state index in [9.17, 15) is 0 Å². The summed E-state index contributed by atoms with van der Waals surface area (Å²) in [4.78, 5) is 10.8. The molecule has 0 atom stereocenters. The molecule has 0 aromatic carbocycles. The molecule has 1 aliphatic carbocycles. The van der Waals surface area contributed by atoms with Crippen molar-refractivity contribution in [1.82, 2.24) is 9.97 Å². The Kier molecular flexibility index (Phi) is 5.43. The van der Waals surface area contributed by atoms with Gasteiger partial charge in [0.05, 0.1) is 13.3 Å². The van der Waals surface area contributed by atoms with Crippen LogP contribution in [-0.2, 0) is 0 Å². The van der Waals surface area contributed by atoms with E-state index < -0.39 is 0 Å². The zero-order valence-electron chi connectivity index (χ0n) is 12.2. The van der Waals surface area contributed by atoms with Crippen LogP contribution < -0.4 is 15.4 Å². The molecule has 20 heavy (non-hydrogen) atoms. The summed E-state index contributed by atoms with van der Waals surface area (Å²) in [5.41, 5.74) is 6.00. The zero-order valence-corrected chi connectivity index (χ0v) is 12.9. The minimum atomic E-state index is 0.338. The third-order valence-corrected chi connectivity index (χ3v) is 4.07. The average Bonchev–Trinajstić information content (AvgIpc) is 2.47. The first-order valence-corrected chi connectivity index (χ1v) is 7.62. The largest absolute Gasteiger partial charge is 0.467 e. The third-order valence-electron chi connectivity index (χ3n) is 3.80. The monoisotopic (exact) mass is 298 g/mol. The van der Waals surface area contributed by atoms with Crippen LogP contribution in [0.1, 0.15) is 39.0 Å². The lowest BCUT2D eigenvalue weighted by Crippen LogP contribution is -2.42. The zero-order chi connectivity index (χ0) is 14.5. The molecule has 5 nitrogen and oxygen atoms in total. The quantitative estimate of drug-likeness (QED) is 0.905. The van der Waals surface area contributed by atoms with Crippen molar-refractivity contribution in [2.75, 3.05) is 18.6 Å². The molecular weight excluding hydrogens is 276 g/mol. The van der Waals surface area contributed by atoms with Crippen LogP contribution in [0.4, 0.5) is 5.82 Å². The summed E-state index contributed by atoms with van der Waals surface area (Å²) in [6, 6.07) is 1.15. The first-order chi connectivity index (χ1) is 9.65. The number of ether oxygens (including phenoxy) is 1. The van der Waals surface area contributed by atoms with Crippen molar-refractivity contribution in [2.45, 2.75) is 51.1 Å². The van der Waals surface area contributed by atoms with Crippen LogP contribution in [0.3, 0.4) is 0 Å². The third kappa shape index (κ3) is 3.52. The van der Waals surface area contributed by atoms with Gasteiger partial charge in [-0.2, -0.15) is 4.98 Å². The summed E-state index contributed by atoms with van der Waals surface area (Å²) in [6.07, 6.45) is 6.95. The van der Waals surface area contributed by atoms with Gasteiger partial charge in [-0.3, -0.25) is 0 Å². The summed E-state index contributed by atoms with van der Waals surface area (Å²) in [7, 11) is 1.57. The van der Waals surface area contributed by atoms with E-state index in [-0.39, 0.29) is 0 Å². The molecule has 1 heterocycles. The minimum absolute atomic E-state index is 0.338. The Balaban J connectivity index is 2.23. The Labute approximate surface area is 125 Å². The number of aromatic nitrogens is 2. The van der Waals surface area contributed by atoms with Crippen molar-refractivity contribution in [3.63, 3.8) is 0 Å². The Morgan fingerprint density at radius 1 is 1.40 bits per heavy atom. The van der Waals surface area contributed by atoms with Gasteiger partial charge in [0.25, 0.3) is 0 Å². The molecule has 0 radical (unpaired) electrons. The van der Waals surface area contributed by atoms with Gasteiger partial charge in [-0.25, -0.2) is 4.98 Å². The van der Waals surface area contributed by atoms with E-state index in [1.807, 2.05) is 0 Å². The predicted octanol–water partition coefficient (Wildman–Crippen LogP) is 2.62. The van der Waals surface area contributed by atoms with Crippen LogP contribution in [0.5, 0.6) is 6.01 Å². The van der Waals surface area contributed by atoms with E-state index in [1.54, 1.807) is 13.3 Å². The van der Waals surface area contributed by atoms with Crippen LogP contribution in [-0.4, -0.2) is 35.7 Å². The van der Waals surface area contributed by atoms with Crippen molar-refractivity contribution in [3.05, 3.63) is 11.2 Å². The molecule has 0 aliphatic heterocycles. The van der Waals surface area contributed by atoms with Gasteiger partial charge in [0.2, 0.25) is 0 Å². The molecule has 2 N–H and O–H groups in total. The highest BCUT2D eigenvalue weighted by atomic mass is 35.5. The molecule has 112 valence electrons. The molecule has 1 aromatic heterocycles. The molecule has 2 rings (SSSR count). The Hall–Kier alpha value is -1.07. The molecule has 0 unspecified atom stereocenters. The lowest BCUT2D eigenvalue weighted by Gasteiger charge is -2.37. The molecular formula is C14H23ClN4O. The van der Waals surface area contributed by atoms with Gasteiger partial charge in [-0.15, -0.1) is 0 Å². The van der Waals surface area contributed by atoms with E-state index in [4.69, 9.17) is 22.1 Å². The Morgan fingerprint density at radius 3 is 2.70 bits per heavy atom. The fourth-order valence-corrected chi connectivity index (χ4v) is 2.96. The van der Waals surface area contributed by atoms with Crippen LogP contribution in [0.2, 0.25) is 5.02 Å². The summed E-state index contributed by atoms with van der Waals surface area (Å²) < 4.78 is 5.12. The fraction of sp³-hybridized carbons (Fsp3) is 0.714. The summed E-state index contributed by atoms with van der Waals surface area (Å²) >= 11 is 6.28. The predicted molar refractivity (Wildman–Crippen MR) is 81.5 cm³/mol. The number of hydrogen-bond donors (Lipinski definition) is 1. The van der Waals surface area contributed by atoms with Gasteiger partial charge < -0.3 is 15.4 Å². The van der Waals surface area contributed by atoms with Crippen molar-refractivity contribution in [3.8, 4) is 6.01 Å². The smallest absolute Gasteiger partial charge is 0.318 e. The second-order valence-corrected chi connectivity index (χ2v) is 5.70. The Morgan fingerprint density at radius 2 is 2.10 bits per heavy atom. The summed E-state index contributed by atoms with van der Waals surface area (Å²) in [6.45, 7) is 3.09. The van der Waals surface area contributed by atoms with E-state index >= 15 is 0 Å². The molecule has 0 spiro atoms. The van der Waals surface area contributed by atoms with Crippen molar-refractivity contribution < 1.29 is 4.74 Å². The van der Waals surface area contributed by atoms with Gasteiger partial charge in [-0.1, -0.05) is 18.5 Å². The van der Waals surface area contributed by atoms with E-state index in [2.05, 4.69) is 21.8 Å². The summed E-state index contributed by atoms with van der Waals surface area (Å²) in [5.74, 6) is 0.779. The van der Waals surface area contributed by atoms with E-state index in [0.29, 0.717) is 23.1 Å². The number of halogens is 1. The minimum Gasteiger partial charge on any atom is -0.467 e. The van der Waals surface area contributed by atoms with Crippen molar-refractivity contribution in [2.24, 2.45) is 5.73 Å². The van der Waals surface area contributed by atoms with Gasteiger partial charge >= 0.3 is 6.01 Å². The topological polar surface area (TPSA) is 64.3 Å². The maximum absolute atomic E-state index is 6.28. The lowest BCUT2D eigenvalue weighted by molar-refractivity contribution is 0.365. The summed E-state index contributed by atoms with van der Waals surface area (Å²) in [5, 5.41) is 0.578. The molecule has 0 saturated heterocycles. The van der Waals surface area contributed by atoms with E-state index in [0.717, 1.165) is 44.5 Å². The molecule has 1 fully saturated rings. The normalized spacial score (nSPS) is 22.6. The maximum atomic E-state index is 6.28. The van der Waals surface area contributed by atoms with Gasteiger partial charge in [0.1, 0.15) is 5.02 Å². The van der Waals surface area contributed by atoms with Gasteiger partial charge in [0, 0.05) is 18.6 Å². The highest BCUT2D eigenvalue weighted by Gasteiger charge is 2.26. The van der Waals surface area contributed by atoms with Crippen molar-refractivity contribution >= 4 is 17.4 Å². The number of anilines is 1. The Bertz CT molecular complexity index is 435. The average molecular weight is 299 g/mol. The molecule has 0 amide bonds. The molecule has 6 heteroatoms. The number of nitrogens with two attached hydrogens (primary N) is 1. The van der Waals surface area contributed by atoms with Gasteiger partial charge in [0.15, 0.2) is 5.82 Å². The van der Waals surface area contributed by atoms with E-state index in [1.165, 1.54) is 0 Å². The fourth-order valence-electron chi connectivity index (χ4n) is 2.76. The molecule has 1 aliphatic rings. The number of hydrogen-bond acceptors (Lipinski definition) is 5. The van der Waals surface area contributed by atoms with Crippen LogP contribution in [0.15, 0.2) is 6.20 Å². The van der Waals surface area contributed by atoms with Crippen LogP contribution in [0, 0.1) is 0 Å². The van der Waals surface area contributed by atoms with Gasteiger partial charge in [-0.05, 0) is 32.1 Å². The van der Waals surface area contributed by atoms with Crippen molar-refractivity contribution in [1.29, 1.82) is 0 Å². The highest BCUT2D eigenvalue weighted by molar-refractivity contribution is 6.32. The second-order valence-electron chi connectivity index (χ2n) is 5.29. The number of nitrogens with zero attached hydrogens (tertiary/aromatic N) is 3. The highest BCUT2D eigenvalue weighted by Crippen LogP contribution is 2.31. The number of methoxy groups -OCH3 is 1. The second kappa shape index (κ2) is 7.09.